The van der Waals surface area contributed by atoms with E-state index < -0.39 is 0 Å². The van der Waals surface area contributed by atoms with Gasteiger partial charge in [0.2, 0.25) is 0 Å². The number of hydrogen-bond acceptors (Lipinski definition) is 3. The van der Waals surface area contributed by atoms with Crippen LogP contribution in [-0.2, 0) is 0 Å². The van der Waals surface area contributed by atoms with Crippen molar-refractivity contribution in [3.05, 3.63) is 6.07 Å². The predicted octanol–water partition coefficient (Wildman–Crippen LogP) is 2.16. The average Bonchev–Trinajstić information content (AvgIpc) is 2.45. The maximum atomic E-state index is 5.78. The number of hydrogen-bond donors (Lipinski definition) is 1. The minimum absolute atomic E-state index is 0.394. The maximum Gasteiger partial charge on any atom is 0.123 e. The van der Waals surface area contributed by atoms with Crippen LogP contribution >= 0.6 is 11.8 Å². The highest BCUT2D eigenvalue weighted by atomic mass is 32.2. The smallest absolute Gasteiger partial charge is 0.123 e. The van der Waals surface area contributed by atoms with Gasteiger partial charge in [-0.3, -0.25) is 0 Å². The number of nitrogens with zero attached hydrogens (tertiary/aromatic N) is 2. The monoisotopic (exact) mass is 185 g/mol. The van der Waals surface area contributed by atoms with Crippen LogP contribution in [-0.4, -0.2) is 16.0 Å². The summed E-state index contributed by atoms with van der Waals surface area (Å²) in [6.07, 6.45) is 3.06. The molecule has 0 saturated carbocycles. The maximum absolute atomic E-state index is 5.78. The first-order valence-corrected chi connectivity index (χ1v) is 5.30. The molecule has 12 heavy (non-hydrogen) atoms. The SMILES string of the molecule is CCC(C)n1nc(SC)cc1N. The molecule has 68 valence electrons. The molecule has 2 N–H and O–H groups in total. The third-order valence-corrected chi connectivity index (χ3v) is 2.58. The van der Waals surface area contributed by atoms with Gasteiger partial charge in [-0.05, 0) is 19.6 Å². The standard InChI is InChI=1S/C8H15N3S/c1-4-6(2)11-7(9)5-8(10-11)12-3/h5-6H,4,9H2,1-3H3. The lowest BCUT2D eigenvalue weighted by molar-refractivity contribution is 0.477. The summed E-state index contributed by atoms with van der Waals surface area (Å²) in [5.41, 5.74) is 5.78. The van der Waals surface area contributed by atoms with Gasteiger partial charge in [-0.15, -0.1) is 11.8 Å². The molecule has 1 unspecified atom stereocenters. The van der Waals surface area contributed by atoms with Crippen molar-refractivity contribution >= 4 is 17.6 Å². The first-order valence-electron chi connectivity index (χ1n) is 4.08. The van der Waals surface area contributed by atoms with E-state index in [-0.39, 0.29) is 0 Å². The Kier molecular flexibility index (Phi) is 3.03. The van der Waals surface area contributed by atoms with E-state index in [1.165, 1.54) is 0 Å². The first-order chi connectivity index (χ1) is 5.69. The first kappa shape index (κ1) is 9.45. The van der Waals surface area contributed by atoms with Crippen LogP contribution in [0.2, 0.25) is 0 Å². The van der Waals surface area contributed by atoms with Crippen molar-refractivity contribution in [1.29, 1.82) is 0 Å². The number of aromatic nitrogens is 2. The fourth-order valence-electron chi connectivity index (χ4n) is 1.01. The van der Waals surface area contributed by atoms with Gasteiger partial charge >= 0.3 is 0 Å². The lowest BCUT2D eigenvalue weighted by Crippen LogP contribution is -2.08. The Balaban J connectivity index is 2.91. The molecule has 0 aromatic carbocycles. The van der Waals surface area contributed by atoms with Crippen molar-refractivity contribution in [2.45, 2.75) is 31.3 Å². The van der Waals surface area contributed by atoms with Crippen LogP contribution in [0.3, 0.4) is 0 Å². The molecule has 1 atom stereocenters. The molecule has 0 aliphatic carbocycles. The zero-order valence-electron chi connectivity index (χ0n) is 7.74. The van der Waals surface area contributed by atoms with Gasteiger partial charge < -0.3 is 5.73 Å². The minimum Gasteiger partial charge on any atom is -0.384 e. The number of nitrogens with two attached hydrogens (primary N) is 1. The molecule has 1 aromatic rings. The largest absolute Gasteiger partial charge is 0.384 e. The van der Waals surface area contributed by atoms with Gasteiger partial charge in [0.1, 0.15) is 10.8 Å². The van der Waals surface area contributed by atoms with Crippen LogP contribution < -0.4 is 5.73 Å². The number of nitrogen functional groups attached to an aromatic ring is 1. The molecule has 0 radical (unpaired) electrons. The fourth-order valence-corrected chi connectivity index (χ4v) is 1.42. The molecule has 0 amide bonds. The van der Waals surface area contributed by atoms with Crippen LogP contribution in [0.15, 0.2) is 11.1 Å². The Bertz CT molecular complexity index is 257. The van der Waals surface area contributed by atoms with E-state index in [1.54, 1.807) is 11.8 Å². The third kappa shape index (κ3) is 1.75. The van der Waals surface area contributed by atoms with Crippen LogP contribution in [0.25, 0.3) is 0 Å². The highest BCUT2D eigenvalue weighted by Gasteiger charge is 2.08. The number of thioether (sulfide) groups is 1. The molecule has 0 saturated heterocycles. The van der Waals surface area contributed by atoms with Crippen molar-refractivity contribution in [3.63, 3.8) is 0 Å². The Hall–Kier alpha value is -0.640. The summed E-state index contributed by atoms with van der Waals surface area (Å²) in [6.45, 7) is 4.25. The average molecular weight is 185 g/mol. The molecule has 1 rings (SSSR count). The second-order valence-electron chi connectivity index (χ2n) is 2.81. The molecule has 0 aliphatic rings. The molecule has 1 aromatic heterocycles. The van der Waals surface area contributed by atoms with E-state index in [4.69, 9.17) is 5.73 Å². The topological polar surface area (TPSA) is 43.8 Å². The zero-order chi connectivity index (χ0) is 9.14. The molecule has 4 heteroatoms. The normalized spacial score (nSPS) is 13.2. The van der Waals surface area contributed by atoms with E-state index in [1.807, 2.05) is 17.0 Å². The number of anilines is 1. The lowest BCUT2D eigenvalue weighted by Gasteiger charge is -2.10. The fraction of sp³-hybridized carbons (Fsp3) is 0.625. The molecule has 0 aliphatic heterocycles. The molecule has 3 nitrogen and oxygen atoms in total. The summed E-state index contributed by atoms with van der Waals surface area (Å²) in [7, 11) is 0. The third-order valence-electron chi connectivity index (χ3n) is 1.96. The van der Waals surface area contributed by atoms with Gasteiger partial charge in [-0.2, -0.15) is 5.10 Å². The van der Waals surface area contributed by atoms with Crippen molar-refractivity contribution < 1.29 is 0 Å². The van der Waals surface area contributed by atoms with Crippen molar-refractivity contribution in [2.24, 2.45) is 0 Å². The zero-order valence-corrected chi connectivity index (χ0v) is 8.56. The van der Waals surface area contributed by atoms with Gasteiger partial charge in [-0.1, -0.05) is 6.92 Å². The molecule has 0 spiro atoms. The second kappa shape index (κ2) is 3.85. The van der Waals surface area contributed by atoms with Crippen LogP contribution in [0.5, 0.6) is 0 Å². The summed E-state index contributed by atoms with van der Waals surface area (Å²) in [4.78, 5) is 0. The van der Waals surface area contributed by atoms with E-state index >= 15 is 0 Å². The Labute approximate surface area is 77.3 Å². The lowest BCUT2D eigenvalue weighted by atomic mass is 10.3. The molecule has 0 fully saturated rings. The molecular weight excluding hydrogens is 170 g/mol. The highest BCUT2D eigenvalue weighted by molar-refractivity contribution is 7.98. The van der Waals surface area contributed by atoms with E-state index in [0.717, 1.165) is 17.3 Å². The van der Waals surface area contributed by atoms with Crippen molar-refractivity contribution in [1.82, 2.24) is 9.78 Å². The molecule has 0 bridgehead atoms. The van der Waals surface area contributed by atoms with Crippen molar-refractivity contribution in [3.8, 4) is 0 Å². The molecular formula is C8H15N3S. The second-order valence-corrected chi connectivity index (χ2v) is 3.64. The summed E-state index contributed by atoms with van der Waals surface area (Å²) in [6, 6.07) is 2.31. The summed E-state index contributed by atoms with van der Waals surface area (Å²) >= 11 is 1.62. The minimum atomic E-state index is 0.394. The van der Waals surface area contributed by atoms with Gasteiger partial charge in [-0.25, -0.2) is 4.68 Å². The number of rotatable bonds is 3. The van der Waals surface area contributed by atoms with E-state index in [9.17, 15) is 0 Å². The van der Waals surface area contributed by atoms with E-state index in [0.29, 0.717) is 6.04 Å². The van der Waals surface area contributed by atoms with Gasteiger partial charge in [0, 0.05) is 6.07 Å². The Morgan fingerprint density at radius 3 is 2.83 bits per heavy atom. The Morgan fingerprint density at radius 2 is 2.42 bits per heavy atom. The van der Waals surface area contributed by atoms with Gasteiger partial charge in [0.25, 0.3) is 0 Å². The summed E-state index contributed by atoms with van der Waals surface area (Å²) in [5, 5.41) is 5.35. The highest BCUT2D eigenvalue weighted by Crippen LogP contribution is 2.20. The van der Waals surface area contributed by atoms with Gasteiger partial charge in [0.15, 0.2) is 0 Å². The van der Waals surface area contributed by atoms with Crippen LogP contribution in [0, 0.1) is 0 Å². The molecule has 1 heterocycles. The quantitative estimate of drug-likeness (QED) is 0.734. The summed E-state index contributed by atoms with van der Waals surface area (Å²) in [5.74, 6) is 0.758. The van der Waals surface area contributed by atoms with Crippen LogP contribution in [0.1, 0.15) is 26.3 Å². The van der Waals surface area contributed by atoms with E-state index in [2.05, 4.69) is 18.9 Å². The Morgan fingerprint density at radius 1 is 1.75 bits per heavy atom. The van der Waals surface area contributed by atoms with Crippen LogP contribution in [0.4, 0.5) is 5.82 Å². The van der Waals surface area contributed by atoms with Crippen molar-refractivity contribution in [2.75, 3.05) is 12.0 Å². The summed E-state index contributed by atoms with van der Waals surface area (Å²) < 4.78 is 1.88. The predicted molar refractivity (Wildman–Crippen MR) is 53.4 cm³/mol. The van der Waals surface area contributed by atoms with Gasteiger partial charge in [0.05, 0.1) is 6.04 Å².